The molecule has 0 aliphatic heterocycles. The minimum Gasteiger partial charge on any atom is -0.398 e. The van der Waals surface area contributed by atoms with Crippen molar-refractivity contribution in [2.75, 3.05) is 18.9 Å². The average Bonchev–Trinajstić information content (AvgIpc) is 2.42. The van der Waals surface area contributed by atoms with E-state index in [1.807, 2.05) is 56.3 Å². The van der Waals surface area contributed by atoms with E-state index in [0.29, 0.717) is 0 Å². The highest BCUT2D eigenvalue weighted by Gasteiger charge is 1.98. The summed E-state index contributed by atoms with van der Waals surface area (Å²) in [6.07, 6.45) is 0. The Kier molecular flexibility index (Phi) is 6.59. The summed E-state index contributed by atoms with van der Waals surface area (Å²) in [6, 6.07) is 18.1. The van der Waals surface area contributed by atoms with Crippen molar-refractivity contribution in [3.05, 3.63) is 54.6 Å². The summed E-state index contributed by atoms with van der Waals surface area (Å²) in [5.74, 6) is 0. The van der Waals surface area contributed by atoms with Crippen LogP contribution in [0.4, 0.5) is 5.69 Å². The first-order chi connectivity index (χ1) is 8.79. The van der Waals surface area contributed by atoms with Crippen molar-refractivity contribution < 1.29 is 4.74 Å². The Morgan fingerprint density at radius 1 is 0.833 bits per heavy atom. The van der Waals surface area contributed by atoms with Gasteiger partial charge >= 0.3 is 0 Å². The quantitative estimate of drug-likeness (QED) is 0.828. The molecule has 0 spiro atoms. The maximum absolute atomic E-state index is 5.85. The Bertz CT molecular complexity index is 438. The van der Waals surface area contributed by atoms with Crippen molar-refractivity contribution in [2.24, 2.45) is 0 Å². The molecule has 0 unspecified atom stereocenters. The second-order valence-electron chi connectivity index (χ2n) is 3.73. The maximum Gasteiger partial charge on any atom is 0.0437 e. The zero-order valence-electron chi connectivity index (χ0n) is 11.1. The fourth-order valence-corrected chi connectivity index (χ4v) is 1.58. The molecule has 0 aromatic heterocycles. The predicted molar refractivity (Wildman–Crippen MR) is 78.5 cm³/mol. The summed E-state index contributed by atoms with van der Waals surface area (Å²) >= 11 is 0. The third-order valence-electron chi connectivity index (χ3n) is 2.45. The van der Waals surface area contributed by atoms with Gasteiger partial charge in [-0.15, -0.1) is 0 Å². The zero-order valence-corrected chi connectivity index (χ0v) is 11.1. The Hall–Kier alpha value is -1.80. The Labute approximate surface area is 109 Å². The molecule has 0 aliphatic carbocycles. The molecule has 96 valence electrons. The smallest absolute Gasteiger partial charge is 0.0437 e. The molecule has 0 radical (unpaired) electrons. The molecule has 0 saturated heterocycles. The molecule has 0 fully saturated rings. The first-order valence-corrected chi connectivity index (χ1v) is 6.27. The Balaban J connectivity index is 0.000000280. The van der Waals surface area contributed by atoms with E-state index in [0.717, 1.165) is 24.5 Å². The van der Waals surface area contributed by atoms with E-state index in [1.165, 1.54) is 5.56 Å². The third kappa shape index (κ3) is 4.60. The van der Waals surface area contributed by atoms with Crippen molar-refractivity contribution in [3.8, 4) is 11.1 Å². The zero-order chi connectivity index (χ0) is 13.2. The number of nitrogen functional groups attached to an aromatic ring is 1. The van der Waals surface area contributed by atoms with E-state index in [9.17, 15) is 0 Å². The van der Waals surface area contributed by atoms with E-state index in [1.54, 1.807) is 0 Å². The molecule has 0 atom stereocenters. The number of nitrogens with two attached hydrogens (primary N) is 1. The van der Waals surface area contributed by atoms with Crippen LogP contribution >= 0.6 is 0 Å². The Morgan fingerprint density at radius 3 is 1.89 bits per heavy atom. The van der Waals surface area contributed by atoms with E-state index in [2.05, 4.69) is 12.1 Å². The van der Waals surface area contributed by atoms with Gasteiger partial charge in [0.1, 0.15) is 0 Å². The molecule has 0 amide bonds. The van der Waals surface area contributed by atoms with Crippen LogP contribution in [0, 0.1) is 0 Å². The van der Waals surface area contributed by atoms with Crippen LogP contribution in [0.3, 0.4) is 0 Å². The monoisotopic (exact) mass is 243 g/mol. The van der Waals surface area contributed by atoms with Crippen LogP contribution in [0.15, 0.2) is 54.6 Å². The minimum absolute atomic E-state index is 0.828. The van der Waals surface area contributed by atoms with E-state index >= 15 is 0 Å². The Morgan fingerprint density at radius 2 is 1.39 bits per heavy atom. The van der Waals surface area contributed by atoms with Gasteiger partial charge in [0.25, 0.3) is 0 Å². The highest BCUT2D eigenvalue weighted by Crippen LogP contribution is 2.24. The van der Waals surface area contributed by atoms with Crippen LogP contribution in [-0.4, -0.2) is 13.2 Å². The van der Waals surface area contributed by atoms with Gasteiger partial charge in [-0.3, -0.25) is 0 Å². The summed E-state index contributed by atoms with van der Waals surface area (Å²) in [5, 5.41) is 0. The van der Waals surface area contributed by atoms with Crippen molar-refractivity contribution >= 4 is 5.69 Å². The van der Waals surface area contributed by atoms with Crippen molar-refractivity contribution in [3.63, 3.8) is 0 Å². The molecule has 0 aliphatic rings. The van der Waals surface area contributed by atoms with E-state index < -0.39 is 0 Å². The van der Waals surface area contributed by atoms with Gasteiger partial charge in [-0.2, -0.15) is 0 Å². The number of hydrogen-bond acceptors (Lipinski definition) is 2. The molecular formula is C16H21NO. The maximum atomic E-state index is 5.85. The lowest BCUT2D eigenvalue weighted by Gasteiger charge is -2.03. The second kappa shape index (κ2) is 8.31. The van der Waals surface area contributed by atoms with Crippen LogP contribution < -0.4 is 5.73 Å². The SMILES string of the molecule is CCOCC.Nc1ccccc1-c1ccccc1. The van der Waals surface area contributed by atoms with Crippen molar-refractivity contribution in [2.45, 2.75) is 13.8 Å². The van der Waals surface area contributed by atoms with Gasteiger partial charge in [-0.1, -0.05) is 48.5 Å². The first kappa shape index (κ1) is 14.3. The molecule has 0 saturated carbocycles. The number of ether oxygens (including phenoxy) is 1. The minimum atomic E-state index is 0.828. The summed E-state index contributed by atoms with van der Waals surface area (Å²) in [6.45, 7) is 5.67. The fraction of sp³-hybridized carbons (Fsp3) is 0.250. The molecule has 0 bridgehead atoms. The predicted octanol–water partition coefficient (Wildman–Crippen LogP) is 3.98. The number of anilines is 1. The fourth-order valence-electron chi connectivity index (χ4n) is 1.58. The first-order valence-electron chi connectivity index (χ1n) is 6.27. The third-order valence-corrected chi connectivity index (χ3v) is 2.45. The molecule has 0 heterocycles. The van der Waals surface area contributed by atoms with Crippen molar-refractivity contribution in [1.82, 2.24) is 0 Å². The molecule has 2 aromatic rings. The van der Waals surface area contributed by atoms with Crippen LogP contribution in [0.2, 0.25) is 0 Å². The largest absolute Gasteiger partial charge is 0.398 e. The average molecular weight is 243 g/mol. The highest BCUT2D eigenvalue weighted by molar-refractivity contribution is 5.75. The molecule has 18 heavy (non-hydrogen) atoms. The van der Waals surface area contributed by atoms with Crippen LogP contribution in [-0.2, 0) is 4.74 Å². The van der Waals surface area contributed by atoms with Gasteiger partial charge in [-0.05, 0) is 25.5 Å². The highest BCUT2D eigenvalue weighted by atomic mass is 16.5. The van der Waals surface area contributed by atoms with Crippen LogP contribution in [0.1, 0.15) is 13.8 Å². The molecule has 2 heteroatoms. The van der Waals surface area contributed by atoms with Crippen molar-refractivity contribution in [1.29, 1.82) is 0 Å². The van der Waals surface area contributed by atoms with Gasteiger partial charge in [-0.25, -0.2) is 0 Å². The van der Waals surface area contributed by atoms with E-state index in [-0.39, 0.29) is 0 Å². The summed E-state index contributed by atoms with van der Waals surface area (Å²) in [7, 11) is 0. The van der Waals surface area contributed by atoms with Crippen LogP contribution in [0.25, 0.3) is 11.1 Å². The summed E-state index contributed by atoms with van der Waals surface area (Å²) in [5.41, 5.74) is 8.95. The number of para-hydroxylation sites is 1. The van der Waals surface area contributed by atoms with Gasteiger partial charge < -0.3 is 10.5 Å². The lowest BCUT2D eigenvalue weighted by atomic mass is 10.0. The summed E-state index contributed by atoms with van der Waals surface area (Å²) in [4.78, 5) is 0. The molecular weight excluding hydrogens is 222 g/mol. The summed E-state index contributed by atoms with van der Waals surface area (Å²) < 4.78 is 4.83. The molecule has 2 nitrogen and oxygen atoms in total. The van der Waals surface area contributed by atoms with Gasteiger partial charge in [0, 0.05) is 24.5 Å². The van der Waals surface area contributed by atoms with E-state index in [4.69, 9.17) is 10.5 Å². The topological polar surface area (TPSA) is 35.2 Å². The van der Waals surface area contributed by atoms with Gasteiger partial charge in [0.2, 0.25) is 0 Å². The lowest BCUT2D eigenvalue weighted by Crippen LogP contribution is -1.88. The lowest BCUT2D eigenvalue weighted by molar-refractivity contribution is 0.162. The van der Waals surface area contributed by atoms with Gasteiger partial charge in [0.15, 0.2) is 0 Å². The number of benzene rings is 2. The number of hydrogen-bond donors (Lipinski definition) is 1. The number of rotatable bonds is 3. The normalized spacial score (nSPS) is 9.44. The molecule has 2 N–H and O–H groups in total. The molecule has 2 rings (SSSR count). The van der Waals surface area contributed by atoms with Gasteiger partial charge in [0.05, 0.1) is 0 Å². The second-order valence-corrected chi connectivity index (χ2v) is 3.73. The standard InChI is InChI=1S/C12H11N.C4H10O/c13-12-9-5-4-8-11(12)10-6-2-1-3-7-10;1-3-5-4-2/h1-9H,13H2;3-4H2,1-2H3. The van der Waals surface area contributed by atoms with Crippen LogP contribution in [0.5, 0.6) is 0 Å². The molecule has 2 aromatic carbocycles.